The van der Waals surface area contributed by atoms with Crippen molar-refractivity contribution in [2.45, 2.75) is 17.8 Å². The van der Waals surface area contributed by atoms with Crippen molar-refractivity contribution in [2.75, 3.05) is 7.11 Å². The van der Waals surface area contributed by atoms with Crippen molar-refractivity contribution in [3.63, 3.8) is 0 Å². The van der Waals surface area contributed by atoms with E-state index in [1.165, 1.54) is 18.9 Å². The van der Waals surface area contributed by atoms with E-state index in [0.717, 1.165) is 16.5 Å². The van der Waals surface area contributed by atoms with Gasteiger partial charge in [-0.25, -0.2) is 4.79 Å². The Kier molecular flexibility index (Phi) is 4.66. The molecule has 3 rings (SSSR count). The lowest BCUT2D eigenvalue weighted by Crippen LogP contribution is -2.00. The smallest absolute Gasteiger partial charge is 0.341 e. The quantitative estimate of drug-likeness (QED) is 0.520. The van der Waals surface area contributed by atoms with Gasteiger partial charge in [0, 0.05) is 25.0 Å². The van der Waals surface area contributed by atoms with E-state index in [2.05, 4.69) is 15.2 Å². The van der Waals surface area contributed by atoms with Crippen LogP contribution in [-0.2, 0) is 17.5 Å². The summed E-state index contributed by atoms with van der Waals surface area (Å²) in [6.45, 7) is 1.74. The summed E-state index contributed by atoms with van der Waals surface area (Å²) in [6, 6.07) is 5.49. The summed E-state index contributed by atoms with van der Waals surface area (Å²) in [5, 5.41) is 9.16. The number of rotatable bonds is 5. The molecular formula is C16H16N4O3S. The first-order valence-corrected chi connectivity index (χ1v) is 8.19. The molecule has 0 N–H and O–H groups in total. The van der Waals surface area contributed by atoms with E-state index < -0.39 is 5.97 Å². The van der Waals surface area contributed by atoms with Gasteiger partial charge in [-0.15, -0.1) is 10.2 Å². The Balaban J connectivity index is 1.74. The highest BCUT2D eigenvalue weighted by atomic mass is 32.2. The van der Waals surface area contributed by atoms with Gasteiger partial charge in [-0.2, -0.15) is 0 Å². The van der Waals surface area contributed by atoms with Gasteiger partial charge >= 0.3 is 5.97 Å². The zero-order chi connectivity index (χ0) is 17.1. The summed E-state index contributed by atoms with van der Waals surface area (Å²) >= 11 is 1.48. The average molecular weight is 344 g/mol. The second-order valence-corrected chi connectivity index (χ2v) is 6.01. The van der Waals surface area contributed by atoms with E-state index >= 15 is 0 Å². The van der Waals surface area contributed by atoms with Crippen LogP contribution in [0.2, 0.25) is 0 Å². The Bertz CT molecular complexity index is 858. The number of furan rings is 1. The standard InChI is InChI=1S/C16H16N4O3S/c1-10-13(15(21)22-3)7-12(23-10)9-24-16-19-18-14(20(16)2)11-5-4-6-17-8-11/h4-8H,9H2,1-3H3. The first kappa shape index (κ1) is 16.3. The maximum atomic E-state index is 11.6. The zero-order valence-corrected chi connectivity index (χ0v) is 14.3. The third kappa shape index (κ3) is 3.18. The molecule has 0 saturated heterocycles. The molecule has 7 nitrogen and oxygen atoms in total. The Labute approximate surface area is 143 Å². The molecular weight excluding hydrogens is 328 g/mol. The fourth-order valence-electron chi connectivity index (χ4n) is 2.25. The topological polar surface area (TPSA) is 83.0 Å². The Morgan fingerprint density at radius 3 is 2.96 bits per heavy atom. The number of thioether (sulfide) groups is 1. The molecule has 0 unspecified atom stereocenters. The van der Waals surface area contributed by atoms with E-state index in [9.17, 15) is 4.79 Å². The van der Waals surface area contributed by atoms with Gasteiger partial charge in [0.05, 0.1) is 12.9 Å². The largest absolute Gasteiger partial charge is 0.465 e. The number of ether oxygens (including phenoxy) is 1. The number of esters is 1. The van der Waals surface area contributed by atoms with Crippen molar-refractivity contribution < 1.29 is 13.9 Å². The number of pyridine rings is 1. The highest BCUT2D eigenvalue weighted by Gasteiger charge is 2.17. The lowest BCUT2D eigenvalue weighted by molar-refractivity contribution is 0.0599. The minimum atomic E-state index is -0.398. The molecule has 0 aromatic carbocycles. The number of hydrogen-bond donors (Lipinski definition) is 0. The third-order valence-corrected chi connectivity index (χ3v) is 4.51. The van der Waals surface area contributed by atoms with E-state index in [0.29, 0.717) is 22.8 Å². The third-order valence-electron chi connectivity index (χ3n) is 3.47. The first-order valence-electron chi connectivity index (χ1n) is 7.20. The molecule has 8 heteroatoms. The van der Waals surface area contributed by atoms with Crippen LogP contribution in [-0.4, -0.2) is 32.8 Å². The molecule has 0 atom stereocenters. The van der Waals surface area contributed by atoms with E-state index in [4.69, 9.17) is 9.15 Å². The average Bonchev–Trinajstić information content (AvgIpc) is 3.16. The molecule has 0 bridgehead atoms. The fraction of sp³-hybridized carbons (Fsp3) is 0.250. The molecule has 0 amide bonds. The number of hydrogen-bond acceptors (Lipinski definition) is 7. The second-order valence-electron chi connectivity index (χ2n) is 5.07. The van der Waals surface area contributed by atoms with Crippen LogP contribution in [0.5, 0.6) is 0 Å². The van der Waals surface area contributed by atoms with E-state index in [1.54, 1.807) is 25.4 Å². The van der Waals surface area contributed by atoms with Crippen LogP contribution in [0.1, 0.15) is 21.9 Å². The normalized spacial score (nSPS) is 10.8. The monoisotopic (exact) mass is 344 g/mol. The highest BCUT2D eigenvalue weighted by molar-refractivity contribution is 7.98. The number of carbonyl (C=O) groups is 1. The minimum Gasteiger partial charge on any atom is -0.465 e. The van der Waals surface area contributed by atoms with Gasteiger partial charge in [0.2, 0.25) is 0 Å². The summed E-state index contributed by atoms with van der Waals surface area (Å²) in [5.41, 5.74) is 1.35. The van der Waals surface area contributed by atoms with Crippen molar-refractivity contribution in [1.82, 2.24) is 19.7 Å². The van der Waals surface area contributed by atoms with Crippen LogP contribution in [0.4, 0.5) is 0 Å². The van der Waals surface area contributed by atoms with Crippen molar-refractivity contribution in [2.24, 2.45) is 7.05 Å². The molecule has 0 spiro atoms. The molecule has 0 aliphatic carbocycles. The Morgan fingerprint density at radius 2 is 2.25 bits per heavy atom. The van der Waals surface area contributed by atoms with Crippen LogP contribution in [0.15, 0.2) is 40.2 Å². The highest BCUT2D eigenvalue weighted by Crippen LogP contribution is 2.26. The molecule has 3 aromatic heterocycles. The maximum absolute atomic E-state index is 11.6. The van der Waals surface area contributed by atoms with Crippen molar-refractivity contribution in [1.29, 1.82) is 0 Å². The van der Waals surface area contributed by atoms with Crippen LogP contribution < -0.4 is 0 Å². The lowest BCUT2D eigenvalue weighted by atomic mass is 10.2. The second kappa shape index (κ2) is 6.88. The lowest BCUT2D eigenvalue weighted by Gasteiger charge is -2.02. The predicted octanol–water partition coefficient (Wildman–Crippen LogP) is 2.86. The van der Waals surface area contributed by atoms with Gasteiger partial charge in [0.25, 0.3) is 0 Å². The number of aromatic nitrogens is 4. The van der Waals surface area contributed by atoms with Gasteiger partial charge < -0.3 is 13.7 Å². The van der Waals surface area contributed by atoms with Crippen molar-refractivity contribution in [3.8, 4) is 11.4 Å². The van der Waals surface area contributed by atoms with Gasteiger partial charge in [0.15, 0.2) is 11.0 Å². The van der Waals surface area contributed by atoms with E-state index in [1.807, 2.05) is 23.7 Å². The van der Waals surface area contributed by atoms with Crippen LogP contribution in [0.3, 0.4) is 0 Å². The number of carbonyl (C=O) groups excluding carboxylic acids is 1. The van der Waals surface area contributed by atoms with Gasteiger partial charge in [-0.3, -0.25) is 4.98 Å². The van der Waals surface area contributed by atoms with Gasteiger partial charge in [-0.05, 0) is 25.1 Å². The maximum Gasteiger partial charge on any atom is 0.341 e. The Morgan fingerprint density at radius 1 is 1.42 bits per heavy atom. The molecule has 3 heterocycles. The van der Waals surface area contributed by atoms with Crippen molar-refractivity contribution >= 4 is 17.7 Å². The number of aryl methyl sites for hydroxylation is 1. The molecule has 0 radical (unpaired) electrons. The van der Waals surface area contributed by atoms with Crippen LogP contribution in [0.25, 0.3) is 11.4 Å². The molecule has 24 heavy (non-hydrogen) atoms. The molecule has 0 fully saturated rings. The van der Waals surface area contributed by atoms with Gasteiger partial charge in [-0.1, -0.05) is 11.8 Å². The summed E-state index contributed by atoms with van der Waals surface area (Å²) in [4.78, 5) is 15.7. The molecule has 0 aliphatic heterocycles. The molecule has 0 aliphatic rings. The van der Waals surface area contributed by atoms with Crippen LogP contribution in [0, 0.1) is 6.92 Å². The zero-order valence-electron chi connectivity index (χ0n) is 13.5. The van der Waals surface area contributed by atoms with Gasteiger partial charge in [0.1, 0.15) is 17.1 Å². The molecule has 0 saturated carbocycles. The summed E-state index contributed by atoms with van der Waals surface area (Å²) < 4.78 is 12.2. The minimum absolute atomic E-state index is 0.398. The van der Waals surface area contributed by atoms with Crippen molar-refractivity contribution in [3.05, 3.63) is 47.7 Å². The summed E-state index contributed by atoms with van der Waals surface area (Å²) in [7, 11) is 3.25. The van der Waals surface area contributed by atoms with E-state index in [-0.39, 0.29) is 0 Å². The molecule has 3 aromatic rings. The SMILES string of the molecule is COC(=O)c1cc(CSc2nnc(-c3cccnc3)n2C)oc1C. The summed E-state index contributed by atoms with van der Waals surface area (Å²) in [6.07, 6.45) is 3.46. The molecule has 124 valence electrons. The first-order chi connectivity index (χ1) is 11.6. The number of nitrogens with zero attached hydrogens (tertiary/aromatic N) is 4. The fourth-order valence-corrected chi connectivity index (χ4v) is 3.04. The predicted molar refractivity (Wildman–Crippen MR) is 88.6 cm³/mol. The number of methoxy groups -OCH3 is 1. The Hall–Kier alpha value is -2.61. The summed E-state index contributed by atoms with van der Waals surface area (Å²) in [5.74, 6) is 2.12. The van der Waals surface area contributed by atoms with Crippen LogP contribution >= 0.6 is 11.8 Å².